The number of rotatable bonds is 21. The molecule has 212 valence electrons. The molecule has 0 aromatic carbocycles. The third-order valence-electron chi connectivity index (χ3n) is 6.38. The number of aliphatic hydroxyl groups excluding tert-OH is 5. The van der Waals surface area contributed by atoms with E-state index in [1.165, 1.54) is 44.9 Å². The number of hydrogen-bond donors (Lipinski definition) is 5. The van der Waals surface area contributed by atoms with E-state index in [-0.39, 0.29) is 19.2 Å². The summed E-state index contributed by atoms with van der Waals surface area (Å²) in [7, 11) is 0. The second kappa shape index (κ2) is 20.9. The van der Waals surface area contributed by atoms with E-state index in [0.29, 0.717) is 6.42 Å². The Morgan fingerprint density at radius 3 is 2.03 bits per heavy atom. The van der Waals surface area contributed by atoms with E-state index in [1.54, 1.807) is 0 Å². The first-order valence-electron chi connectivity index (χ1n) is 13.8. The molecule has 0 radical (unpaired) electrons. The molecule has 1 fully saturated rings. The Morgan fingerprint density at radius 2 is 1.42 bits per heavy atom. The minimum absolute atomic E-state index is 0.263. The van der Waals surface area contributed by atoms with Gasteiger partial charge in [0.05, 0.1) is 13.2 Å². The lowest BCUT2D eigenvalue weighted by Gasteiger charge is -2.39. The molecule has 1 heterocycles. The van der Waals surface area contributed by atoms with Crippen LogP contribution in [0.2, 0.25) is 0 Å². The summed E-state index contributed by atoms with van der Waals surface area (Å²) in [5.74, 6) is -0.389. The van der Waals surface area contributed by atoms with Crippen molar-refractivity contribution in [2.45, 2.75) is 134 Å². The van der Waals surface area contributed by atoms with Crippen LogP contribution in [-0.4, -0.2) is 88.1 Å². The fourth-order valence-electron chi connectivity index (χ4n) is 4.06. The lowest BCUT2D eigenvalue weighted by atomic mass is 9.99. The Balaban J connectivity index is 1.98. The zero-order valence-electron chi connectivity index (χ0n) is 22.0. The standard InChI is InChI=1S/C27H50O9/c1-2-3-4-5-6-7-8-9-10-11-12-13-14-15-16-17-23(30)34-19-21(29)20-35-27-26(33)25(32)24(31)22(18-28)36-27/h9-10,21-22,24-29,31-33H,2-8,11-20H2,1H3/b10-9+/t21-,22+,24-,25-,26+,27+/m0/s1. The number of unbranched alkanes of at least 4 members (excludes halogenated alkanes) is 11. The Kier molecular flexibility index (Phi) is 19.2. The maximum atomic E-state index is 11.9. The molecule has 0 unspecified atom stereocenters. The van der Waals surface area contributed by atoms with Crippen LogP contribution in [0.3, 0.4) is 0 Å². The maximum absolute atomic E-state index is 11.9. The summed E-state index contributed by atoms with van der Waals surface area (Å²) >= 11 is 0. The Hall–Kier alpha value is -1.07. The minimum atomic E-state index is -1.55. The van der Waals surface area contributed by atoms with Crippen LogP contribution in [0.15, 0.2) is 12.2 Å². The van der Waals surface area contributed by atoms with Gasteiger partial charge in [-0.3, -0.25) is 4.79 Å². The van der Waals surface area contributed by atoms with Crippen LogP contribution in [0, 0.1) is 0 Å². The number of carbonyl (C=O) groups excluding carboxylic acids is 1. The van der Waals surface area contributed by atoms with Crippen molar-refractivity contribution in [1.29, 1.82) is 0 Å². The van der Waals surface area contributed by atoms with Gasteiger partial charge >= 0.3 is 5.97 Å². The van der Waals surface area contributed by atoms with E-state index in [2.05, 4.69) is 19.1 Å². The molecule has 1 aliphatic rings. The highest BCUT2D eigenvalue weighted by Gasteiger charge is 2.44. The van der Waals surface area contributed by atoms with Crippen LogP contribution in [-0.2, 0) is 19.0 Å². The molecule has 1 aliphatic heterocycles. The molecule has 36 heavy (non-hydrogen) atoms. The molecule has 0 amide bonds. The maximum Gasteiger partial charge on any atom is 0.305 e. The first-order chi connectivity index (χ1) is 17.4. The lowest BCUT2D eigenvalue weighted by Crippen LogP contribution is -2.59. The highest BCUT2D eigenvalue weighted by Crippen LogP contribution is 2.22. The predicted octanol–water partition coefficient (Wildman–Crippen LogP) is 2.74. The predicted molar refractivity (Wildman–Crippen MR) is 136 cm³/mol. The van der Waals surface area contributed by atoms with Crippen LogP contribution >= 0.6 is 0 Å². The van der Waals surface area contributed by atoms with Crippen molar-refractivity contribution in [2.24, 2.45) is 0 Å². The third kappa shape index (κ3) is 14.6. The SMILES string of the molecule is CCCCCCCC/C=C/CCCCCCCC(=O)OC[C@H](O)CO[C@@H]1O[C@H](CO)[C@H](O)[C@H](O)[C@H]1O. The molecule has 0 aromatic rings. The van der Waals surface area contributed by atoms with Crippen LogP contribution in [0.4, 0.5) is 0 Å². The van der Waals surface area contributed by atoms with Crippen molar-refractivity contribution in [3.63, 3.8) is 0 Å². The van der Waals surface area contributed by atoms with Crippen molar-refractivity contribution in [3.8, 4) is 0 Å². The van der Waals surface area contributed by atoms with Crippen molar-refractivity contribution in [2.75, 3.05) is 19.8 Å². The zero-order valence-corrected chi connectivity index (χ0v) is 22.0. The van der Waals surface area contributed by atoms with Gasteiger partial charge in [-0.05, 0) is 32.1 Å². The number of aliphatic hydroxyl groups is 5. The lowest BCUT2D eigenvalue weighted by molar-refractivity contribution is -0.305. The molecule has 6 atom stereocenters. The molecule has 0 aromatic heterocycles. The van der Waals surface area contributed by atoms with Gasteiger partial charge < -0.3 is 39.7 Å². The monoisotopic (exact) mass is 518 g/mol. The number of ether oxygens (including phenoxy) is 3. The second-order valence-electron chi connectivity index (χ2n) is 9.70. The fourth-order valence-corrected chi connectivity index (χ4v) is 4.06. The summed E-state index contributed by atoms with van der Waals surface area (Å²) in [6.45, 7) is 1.09. The van der Waals surface area contributed by atoms with Crippen LogP contribution in [0.1, 0.15) is 96.8 Å². The molecule has 9 heteroatoms. The highest BCUT2D eigenvalue weighted by atomic mass is 16.7. The summed E-state index contributed by atoms with van der Waals surface area (Å²) < 4.78 is 15.5. The first kappa shape index (κ1) is 33.0. The molecule has 5 N–H and O–H groups in total. The normalized spacial score (nSPS) is 25.3. The number of allylic oxidation sites excluding steroid dienone is 2. The molecule has 1 saturated heterocycles. The molecule has 9 nitrogen and oxygen atoms in total. The molecular weight excluding hydrogens is 468 g/mol. The number of hydrogen-bond acceptors (Lipinski definition) is 9. The molecule has 0 aliphatic carbocycles. The topological polar surface area (TPSA) is 146 Å². The van der Waals surface area contributed by atoms with Gasteiger partial charge in [0.15, 0.2) is 6.29 Å². The molecule has 1 rings (SSSR count). The largest absolute Gasteiger partial charge is 0.463 e. The number of esters is 1. The van der Waals surface area contributed by atoms with Crippen molar-refractivity contribution < 1.29 is 44.5 Å². The van der Waals surface area contributed by atoms with E-state index in [4.69, 9.17) is 19.3 Å². The summed E-state index contributed by atoms with van der Waals surface area (Å²) in [6.07, 6.45) is 12.1. The van der Waals surface area contributed by atoms with Gasteiger partial charge in [-0.2, -0.15) is 0 Å². The van der Waals surface area contributed by atoms with E-state index in [0.717, 1.165) is 38.5 Å². The molecular formula is C27H50O9. The van der Waals surface area contributed by atoms with Gasteiger partial charge in [-0.1, -0.05) is 70.4 Å². The van der Waals surface area contributed by atoms with E-state index < -0.39 is 43.4 Å². The van der Waals surface area contributed by atoms with Gasteiger partial charge in [-0.25, -0.2) is 0 Å². The fraction of sp³-hybridized carbons (Fsp3) is 0.889. The Bertz CT molecular complexity index is 569. The van der Waals surface area contributed by atoms with E-state index in [1.807, 2.05) is 0 Å². The van der Waals surface area contributed by atoms with Crippen LogP contribution in [0.5, 0.6) is 0 Å². The number of carbonyl (C=O) groups is 1. The van der Waals surface area contributed by atoms with Gasteiger partial charge in [0, 0.05) is 6.42 Å². The summed E-state index contributed by atoms with van der Waals surface area (Å²) in [4.78, 5) is 11.9. The summed E-state index contributed by atoms with van der Waals surface area (Å²) in [5.41, 5.74) is 0. The highest BCUT2D eigenvalue weighted by molar-refractivity contribution is 5.69. The second-order valence-corrected chi connectivity index (χ2v) is 9.70. The third-order valence-corrected chi connectivity index (χ3v) is 6.38. The van der Waals surface area contributed by atoms with Gasteiger partial charge in [0.25, 0.3) is 0 Å². The van der Waals surface area contributed by atoms with Crippen molar-refractivity contribution in [1.82, 2.24) is 0 Å². The minimum Gasteiger partial charge on any atom is -0.463 e. The average molecular weight is 519 g/mol. The zero-order chi connectivity index (χ0) is 26.6. The summed E-state index contributed by atoms with van der Waals surface area (Å²) in [6, 6.07) is 0. The average Bonchev–Trinajstić information content (AvgIpc) is 2.88. The van der Waals surface area contributed by atoms with E-state index in [9.17, 15) is 25.2 Å². The smallest absolute Gasteiger partial charge is 0.305 e. The molecule has 0 spiro atoms. The van der Waals surface area contributed by atoms with Crippen molar-refractivity contribution in [3.05, 3.63) is 12.2 Å². The quantitative estimate of drug-likeness (QED) is 0.0879. The molecule has 0 saturated carbocycles. The van der Waals surface area contributed by atoms with Gasteiger partial charge in [0.1, 0.15) is 37.1 Å². The molecule has 0 bridgehead atoms. The van der Waals surface area contributed by atoms with Crippen molar-refractivity contribution >= 4 is 5.97 Å². The first-order valence-corrected chi connectivity index (χ1v) is 13.8. The van der Waals surface area contributed by atoms with Crippen LogP contribution < -0.4 is 0 Å². The Morgan fingerprint density at radius 1 is 0.833 bits per heavy atom. The van der Waals surface area contributed by atoms with E-state index >= 15 is 0 Å². The van der Waals surface area contributed by atoms with Crippen LogP contribution in [0.25, 0.3) is 0 Å². The summed E-state index contributed by atoms with van der Waals surface area (Å²) in [5, 5.41) is 48.5. The van der Waals surface area contributed by atoms with Gasteiger partial charge in [-0.15, -0.1) is 0 Å². The Labute approximate surface area is 216 Å². The van der Waals surface area contributed by atoms with Gasteiger partial charge in [0.2, 0.25) is 0 Å².